The average molecular weight is 355 g/mol. The van der Waals surface area contributed by atoms with E-state index in [0.29, 0.717) is 0 Å². The molecule has 1 aromatic carbocycles. The van der Waals surface area contributed by atoms with Crippen LogP contribution in [0.3, 0.4) is 0 Å². The number of sulfone groups is 2. The van der Waals surface area contributed by atoms with Gasteiger partial charge in [-0.1, -0.05) is 18.5 Å². The summed E-state index contributed by atoms with van der Waals surface area (Å²) in [6, 6.07) is 3.38. The number of hydrogen-bond acceptors (Lipinski definition) is 5. The van der Waals surface area contributed by atoms with Gasteiger partial charge >= 0.3 is 5.97 Å². The quantitative estimate of drug-likeness (QED) is 0.797. The van der Waals surface area contributed by atoms with Gasteiger partial charge in [0.2, 0.25) is 0 Å². The Morgan fingerprint density at radius 2 is 1.81 bits per heavy atom. The number of carbonyl (C=O) groups is 1. The van der Waals surface area contributed by atoms with E-state index in [1.165, 1.54) is 19.1 Å². The maximum absolute atomic E-state index is 12.1. The van der Waals surface area contributed by atoms with Gasteiger partial charge in [0, 0.05) is 5.75 Å². The second-order valence-electron chi connectivity index (χ2n) is 4.36. The number of carboxylic acid groups (broad SMARTS) is 1. The fraction of sp³-hybridized carbons (Fsp3) is 0.417. The molecule has 0 saturated heterocycles. The summed E-state index contributed by atoms with van der Waals surface area (Å²) in [5.74, 6) is -1.96. The highest BCUT2D eigenvalue weighted by atomic mass is 35.5. The van der Waals surface area contributed by atoms with Crippen LogP contribution in [0.15, 0.2) is 23.1 Å². The van der Waals surface area contributed by atoms with Crippen LogP contribution in [0.25, 0.3) is 0 Å². The van der Waals surface area contributed by atoms with Crippen molar-refractivity contribution in [3.05, 3.63) is 28.8 Å². The van der Waals surface area contributed by atoms with Gasteiger partial charge in [0.25, 0.3) is 0 Å². The van der Waals surface area contributed by atoms with E-state index in [-0.39, 0.29) is 39.2 Å². The molecule has 0 unspecified atom stereocenters. The maximum Gasteiger partial charge on any atom is 0.337 e. The standard InChI is InChI=1S/C12H15ClO6S2/c1-2-20(16,17)6-3-7-21(18,19)9-4-5-11(13)10(8-9)12(14)15/h4-5,8H,2-3,6-7H2,1H3,(H,14,15). The minimum atomic E-state index is -3.75. The summed E-state index contributed by atoms with van der Waals surface area (Å²) in [4.78, 5) is 10.7. The Kier molecular flexibility index (Phi) is 5.77. The van der Waals surface area contributed by atoms with Crippen molar-refractivity contribution in [3.8, 4) is 0 Å². The first-order valence-corrected chi connectivity index (χ1v) is 9.90. The Hall–Kier alpha value is -1.12. The number of aromatic carboxylic acids is 1. The molecule has 0 spiro atoms. The molecule has 1 rings (SSSR count). The fourth-order valence-corrected chi connectivity index (χ4v) is 4.18. The van der Waals surface area contributed by atoms with Crippen molar-refractivity contribution in [3.63, 3.8) is 0 Å². The van der Waals surface area contributed by atoms with Crippen molar-refractivity contribution < 1.29 is 26.7 Å². The van der Waals surface area contributed by atoms with E-state index in [1.54, 1.807) is 0 Å². The number of halogens is 1. The summed E-state index contributed by atoms with van der Waals surface area (Å²) in [5.41, 5.74) is -0.307. The van der Waals surface area contributed by atoms with E-state index >= 15 is 0 Å². The van der Waals surface area contributed by atoms with Gasteiger partial charge in [0.1, 0.15) is 9.84 Å². The second-order valence-corrected chi connectivity index (χ2v) is 9.34. The van der Waals surface area contributed by atoms with Crippen LogP contribution in [0.4, 0.5) is 0 Å². The second kappa shape index (κ2) is 6.76. The Bertz CT molecular complexity index is 737. The predicted octanol–water partition coefficient (Wildman–Crippen LogP) is 1.64. The molecule has 0 saturated carbocycles. The third-order valence-electron chi connectivity index (χ3n) is 2.84. The molecule has 0 amide bonds. The molecule has 0 aliphatic carbocycles. The van der Waals surface area contributed by atoms with Crippen molar-refractivity contribution in [1.29, 1.82) is 0 Å². The van der Waals surface area contributed by atoms with Crippen molar-refractivity contribution >= 4 is 37.2 Å². The largest absolute Gasteiger partial charge is 0.478 e. The summed E-state index contributed by atoms with van der Waals surface area (Å²) in [7, 11) is -6.98. The summed E-state index contributed by atoms with van der Waals surface area (Å²) >= 11 is 5.67. The molecule has 0 atom stereocenters. The van der Waals surface area contributed by atoms with Gasteiger partial charge < -0.3 is 5.11 Å². The van der Waals surface area contributed by atoms with Crippen LogP contribution >= 0.6 is 11.6 Å². The van der Waals surface area contributed by atoms with E-state index in [2.05, 4.69) is 0 Å². The SMILES string of the molecule is CCS(=O)(=O)CCCS(=O)(=O)c1ccc(Cl)c(C(=O)O)c1. The monoisotopic (exact) mass is 354 g/mol. The van der Waals surface area contributed by atoms with E-state index in [9.17, 15) is 21.6 Å². The first-order valence-electron chi connectivity index (χ1n) is 6.05. The van der Waals surface area contributed by atoms with Gasteiger partial charge in [-0.2, -0.15) is 0 Å². The number of hydrogen-bond donors (Lipinski definition) is 1. The maximum atomic E-state index is 12.1. The van der Waals surface area contributed by atoms with Gasteiger partial charge in [-0.3, -0.25) is 0 Å². The van der Waals surface area contributed by atoms with Crippen molar-refractivity contribution in [2.45, 2.75) is 18.2 Å². The van der Waals surface area contributed by atoms with Crippen molar-refractivity contribution in [1.82, 2.24) is 0 Å². The minimum absolute atomic E-state index is 0.0382. The normalized spacial score (nSPS) is 12.3. The van der Waals surface area contributed by atoms with Crippen LogP contribution in [0.2, 0.25) is 5.02 Å². The molecule has 21 heavy (non-hydrogen) atoms. The fourth-order valence-electron chi connectivity index (χ4n) is 1.59. The highest BCUT2D eigenvalue weighted by Gasteiger charge is 2.19. The lowest BCUT2D eigenvalue weighted by molar-refractivity contribution is 0.0697. The van der Waals surface area contributed by atoms with E-state index in [1.807, 2.05) is 0 Å². The molecular formula is C12H15ClO6S2. The molecule has 118 valence electrons. The highest BCUT2D eigenvalue weighted by Crippen LogP contribution is 2.21. The van der Waals surface area contributed by atoms with Gasteiger partial charge in [0.05, 0.1) is 27.0 Å². The van der Waals surface area contributed by atoms with Crippen molar-refractivity contribution in [2.75, 3.05) is 17.3 Å². The number of rotatable bonds is 7. The van der Waals surface area contributed by atoms with E-state index < -0.39 is 25.6 Å². The van der Waals surface area contributed by atoms with Crippen LogP contribution in [0.1, 0.15) is 23.7 Å². The Balaban J connectivity index is 2.94. The third-order valence-corrected chi connectivity index (χ3v) is 6.75. The summed E-state index contributed by atoms with van der Waals surface area (Å²) in [5, 5.41) is 8.85. The van der Waals surface area contributed by atoms with E-state index in [0.717, 1.165) is 6.07 Å². The molecular weight excluding hydrogens is 340 g/mol. The van der Waals surface area contributed by atoms with Crippen molar-refractivity contribution in [2.24, 2.45) is 0 Å². The summed E-state index contributed by atoms with van der Waals surface area (Å²) in [6.45, 7) is 1.49. The van der Waals surface area contributed by atoms with Gasteiger partial charge in [-0.25, -0.2) is 21.6 Å². The van der Waals surface area contributed by atoms with Gasteiger partial charge in [0.15, 0.2) is 9.84 Å². The zero-order valence-corrected chi connectivity index (χ0v) is 13.6. The molecule has 9 heteroatoms. The minimum Gasteiger partial charge on any atom is -0.478 e. The Morgan fingerprint density at radius 3 is 2.33 bits per heavy atom. The van der Waals surface area contributed by atoms with Gasteiger partial charge in [-0.05, 0) is 24.6 Å². The lowest BCUT2D eigenvalue weighted by Gasteiger charge is -2.07. The first kappa shape index (κ1) is 17.9. The third kappa shape index (κ3) is 4.98. The predicted molar refractivity (Wildman–Crippen MR) is 79.4 cm³/mol. The lowest BCUT2D eigenvalue weighted by Crippen LogP contribution is -2.14. The molecule has 0 bridgehead atoms. The van der Waals surface area contributed by atoms with Crippen LogP contribution in [0.5, 0.6) is 0 Å². The van der Waals surface area contributed by atoms with Crippen LogP contribution in [-0.2, 0) is 19.7 Å². The molecule has 0 radical (unpaired) electrons. The zero-order valence-electron chi connectivity index (χ0n) is 11.2. The first-order chi connectivity index (χ1) is 9.59. The molecule has 6 nitrogen and oxygen atoms in total. The average Bonchev–Trinajstić information content (AvgIpc) is 2.38. The Morgan fingerprint density at radius 1 is 1.19 bits per heavy atom. The summed E-state index contributed by atoms with van der Waals surface area (Å²) < 4.78 is 46.8. The molecule has 0 aromatic heterocycles. The summed E-state index contributed by atoms with van der Waals surface area (Å²) in [6.07, 6.45) is -0.0382. The number of carboxylic acids is 1. The number of benzene rings is 1. The van der Waals surface area contributed by atoms with E-state index in [4.69, 9.17) is 16.7 Å². The topological polar surface area (TPSA) is 106 Å². The van der Waals surface area contributed by atoms with Crippen LogP contribution < -0.4 is 0 Å². The molecule has 1 N–H and O–H groups in total. The van der Waals surface area contributed by atoms with Gasteiger partial charge in [-0.15, -0.1) is 0 Å². The van der Waals surface area contributed by atoms with Crippen LogP contribution in [-0.4, -0.2) is 45.2 Å². The molecule has 0 fully saturated rings. The highest BCUT2D eigenvalue weighted by molar-refractivity contribution is 7.92. The molecule has 0 heterocycles. The molecule has 0 aliphatic rings. The molecule has 0 aliphatic heterocycles. The smallest absolute Gasteiger partial charge is 0.337 e. The zero-order chi connectivity index (χ0) is 16.3. The van der Waals surface area contributed by atoms with Crippen LogP contribution in [0, 0.1) is 0 Å². The Labute approximate surface area is 128 Å². The lowest BCUT2D eigenvalue weighted by atomic mass is 10.2. The molecule has 1 aromatic rings.